The van der Waals surface area contributed by atoms with Crippen molar-refractivity contribution in [3.63, 3.8) is 0 Å². The maximum absolute atomic E-state index is 2.48. The van der Waals surface area contributed by atoms with E-state index in [1.165, 1.54) is 127 Å². The predicted octanol–water partition coefficient (Wildman–Crippen LogP) is 17.2. The molecule has 0 bridgehead atoms. The van der Waals surface area contributed by atoms with Crippen LogP contribution in [0.25, 0.3) is 99.1 Å². The Morgan fingerprint density at radius 2 is 0.726 bits per heavy atom. The first-order chi connectivity index (χ1) is 29.9. The normalized spacial score (nSPS) is 14.6. The Morgan fingerprint density at radius 3 is 1.19 bits per heavy atom. The molecule has 0 aromatic heterocycles. The van der Waals surface area contributed by atoms with Gasteiger partial charge in [0, 0.05) is 10.8 Å². The molecule has 0 heteroatoms. The van der Waals surface area contributed by atoms with Crippen LogP contribution in [0, 0.1) is 0 Å². The fraction of sp³-hybridized carbons (Fsp3) is 0.161. The summed E-state index contributed by atoms with van der Waals surface area (Å²) in [5.41, 5.74) is 22.3. The monoisotopic (exact) mass is 794 g/mol. The minimum Gasteiger partial charge on any atom is -0.0619 e. The molecule has 10 aromatic carbocycles. The van der Waals surface area contributed by atoms with Crippen molar-refractivity contribution in [1.82, 2.24) is 0 Å². The molecule has 10 aromatic rings. The first-order valence-corrected chi connectivity index (χ1v) is 22.3. The minimum absolute atomic E-state index is 0.0484. The Bertz CT molecular complexity index is 3270. The molecule has 0 radical (unpaired) electrons. The molecule has 0 N–H and O–H groups in total. The fourth-order valence-electron chi connectivity index (χ4n) is 11.3. The molecule has 2 aliphatic carbocycles. The highest BCUT2D eigenvalue weighted by atomic mass is 14.4. The first-order valence-electron chi connectivity index (χ1n) is 22.3. The number of fused-ring (bicyclic) bond motifs is 6. The molecule has 0 amide bonds. The van der Waals surface area contributed by atoms with Crippen molar-refractivity contribution in [3.8, 4) is 66.8 Å². The van der Waals surface area contributed by atoms with Crippen LogP contribution < -0.4 is 0 Å². The molecule has 0 unspecified atom stereocenters. The fourth-order valence-corrected chi connectivity index (χ4v) is 11.3. The van der Waals surface area contributed by atoms with E-state index in [1.54, 1.807) is 0 Å². The number of rotatable bonds is 4. The second kappa shape index (κ2) is 12.9. The van der Waals surface area contributed by atoms with Crippen LogP contribution in [0.15, 0.2) is 176 Å². The van der Waals surface area contributed by atoms with E-state index in [1.807, 2.05) is 0 Å². The molecule has 0 saturated heterocycles. The Morgan fingerprint density at radius 1 is 0.306 bits per heavy atom. The van der Waals surface area contributed by atoms with E-state index in [4.69, 9.17) is 0 Å². The summed E-state index contributed by atoms with van der Waals surface area (Å²) in [6.07, 6.45) is 0. The third-order valence-corrected chi connectivity index (χ3v) is 14.8. The van der Waals surface area contributed by atoms with Crippen molar-refractivity contribution in [2.75, 3.05) is 0 Å². The van der Waals surface area contributed by atoms with E-state index >= 15 is 0 Å². The van der Waals surface area contributed by atoms with E-state index in [0.29, 0.717) is 0 Å². The lowest BCUT2D eigenvalue weighted by atomic mass is 9.80. The van der Waals surface area contributed by atoms with E-state index in [-0.39, 0.29) is 16.2 Å². The molecule has 0 saturated carbocycles. The Labute approximate surface area is 365 Å². The van der Waals surface area contributed by atoms with Gasteiger partial charge in [-0.3, -0.25) is 0 Å². The van der Waals surface area contributed by atoms with Gasteiger partial charge in [0.25, 0.3) is 0 Å². The third-order valence-electron chi connectivity index (χ3n) is 14.8. The van der Waals surface area contributed by atoms with Crippen molar-refractivity contribution in [3.05, 3.63) is 204 Å². The van der Waals surface area contributed by atoms with Crippen molar-refractivity contribution in [1.29, 1.82) is 0 Å². The van der Waals surface area contributed by atoms with Gasteiger partial charge in [-0.25, -0.2) is 0 Å². The van der Waals surface area contributed by atoms with Crippen LogP contribution >= 0.6 is 0 Å². The number of benzene rings is 10. The lowest BCUT2D eigenvalue weighted by Crippen LogP contribution is -2.14. The van der Waals surface area contributed by atoms with E-state index in [2.05, 4.69) is 224 Å². The molecule has 0 aliphatic heterocycles. The zero-order chi connectivity index (χ0) is 42.3. The predicted molar refractivity (Wildman–Crippen MR) is 266 cm³/mol. The van der Waals surface area contributed by atoms with Gasteiger partial charge in [-0.2, -0.15) is 0 Å². The lowest BCUT2D eigenvalue weighted by molar-refractivity contribution is 0.591. The van der Waals surface area contributed by atoms with Crippen LogP contribution in [-0.2, 0) is 16.2 Å². The molecule has 0 heterocycles. The summed E-state index contributed by atoms with van der Waals surface area (Å²) in [5.74, 6) is 0. The SMILES string of the molecule is CC(C)(C)c1cc2ccc3c(-c4cccc(-c5ccc6c(c5)C(C)(C)c5ccccc5-6)c4)cc(-c4cccc(-c5ccc6c(c5)C(C)(C)c5ccccc5-6)c4)c4ccc(c1)c2c34. The molecule has 0 nitrogen and oxygen atoms in total. The molecule has 0 spiro atoms. The molecule has 298 valence electrons. The molecule has 0 fully saturated rings. The number of hydrogen-bond donors (Lipinski definition) is 0. The van der Waals surface area contributed by atoms with Crippen molar-refractivity contribution in [2.45, 2.75) is 64.7 Å². The summed E-state index contributed by atoms with van der Waals surface area (Å²) >= 11 is 0. The van der Waals surface area contributed by atoms with Crippen LogP contribution in [-0.4, -0.2) is 0 Å². The highest BCUT2D eigenvalue weighted by Gasteiger charge is 2.36. The highest BCUT2D eigenvalue weighted by Crippen LogP contribution is 2.52. The average molecular weight is 795 g/mol. The molecular formula is C62H50. The van der Waals surface area contributed by atoms with E-state index in [9.17, 15) is 0 Å². The molecule has 62 heavy (non-hydrogen) atoms. The highest BCUT2D eigenvalue weighted by molar-refractivity contribution is 6.28. The number of hydrogen-bond acceptors (Lipinski definition) is 0. The maximum atomic E-state index is 2.48. The zero-order valence-corrected chi connectivity index (χ0v) is 36.7. The third kappa shape index (κ3) is 5.32. The second-order valence-corrected chi connectivity index (χ2v) is 20.1. The van der Waals surface area contributed by atoms with Gasteiger partial charge in [0.05, 0.1) is 0 Å². The minimum atomic E-state index is -0.0527. The summed E-state index contributed by atoms with van der Waals surface area (Å²) < 4.78 is 0. The van der Waals surface area contributed by atoms with Gasteiger partial charge in [-0.1, -0.05) is 194 Å². The van der Waals surface area contributed by atoms with Gasteiger partial charge < -0.3 is 0 Å². The largest absolute Gasteiger partial charge is 0.0619 e. The topological polar surface area (TPSA) is 0 Å². The Hall–Kier alpha value is -6.76. The molecule has 2 aliphatic rings. The smallest absolute Gasteiger partial charge is 0.0159 e. The average Bonchev–Trinajstić information content (AvgIpc) is 3.66. The van der Waals surface area contributed by atoms with Gasteiger partial charge in [-0.05, 0) is 163 Å². The van der Waals surface area contributed by atoms with Gasteiger partial charge in [0.15, 0.2) is 0 Å². The van der Waals surface area contributed by atoms with Crippen LogP contribution in [0.2, 0.25) is 0 Å². The van der Waals surface area contributed by atoms with Gasteiger partial charge in [0.2, 0.25) is 0 Å². The van der Waals surface area contributed by atoms with Crippen molar-refractivity contribution < 1.29 is 0 Å². The van der Waals surface area contributed by atoms with Gasteiger partial charge in [-0.15, -0.1) is 0 Å². The van der Waals surface area contributed by atoms with Crippen molar-refractivity contribution >= 4 is 32.3 Å². The summed E-state index contributed by atoms with van der Waals surface area (Å²) in [5, 5.41) is 7.90. The van der Waals surface area contributed by atoms with Crippen LogP contribution in [0.1, 0.15) is 76.3 Å². The van der Waals surface area contributed by atoms with Crippen LogP contribution in [0.4, 0.5) is 0 Å². The zero-order valence-electron chi connectivity index (χ0n) is 36.7. The standard InChI is InChI=1S/C62H50/c1-60(2,3)45-32-43-24-28-50-52(41-16-12-14-37(30-41)39-22-26-48-46-18-8-10-20-54(46)61(4,5)56(48)34-39)36-53(51-29-25-44(33-45)58(43)59(50)51)42-17-13-15-38(31-42)40-23-27-49-47-19-9-11-21-55(47)62(6,7)57(49)35-40/h8-36H,1-7H3. The quantitative estimate of drug-likeness (QED) is 0.156. The van der Waals surface area contributed by atoms with Gasteiger partial charge >= 0.3 is 0 Å². The molecule has 0 atom stereocenters. The first kappa shape index (κ1) is 37.0. The van der Waals surface area contributed by atoms with Crippen LogP contribution in [0.3, 0.4) is 0 Å². The van der Waals surface area contributed by atoms with Crippen LogP contribution in [0.5, 0.6) is 0 Å². The second-order valence-electron chi connectivity index (χ2n) is 20.1. The Kier molecular flexibility index (Phi) is 7.70. The van der Waals surface area contributed by atoms with E-state index < -0.39 is 0 Å². The molecular weight excluding hydrogens is 745 g/mol. The summed E-state index contributed by atoms with van der Waals surface area (Å²) in [7, 11) is 0. The summed E-state index contributed by atoms with van der Waals surface area (Å²) in [6.45, 7) is 16.4. The summed E-state index contributed by atoms with van der Waals surface area (Å²) in [6, 6.07) is 67.4. The van der Waals surface area contributed by atoms with E-state index in [0.717, 1.165) is 0 Å². The Balaban J connectivity index is 1.05. The van der Waals surface area contributed by atoms with Crippen molar-refractivity contribution in [2.24, 2.45) is 0 Å². The lowest BCUT2D eigenvalue weighted by Gasteiger charge is -2.23. The summed E-state index contributed by atoms with van der Waals surface area (Å²) in [4.78, 5) is 0. The molecule has 12 rings (SSSR count). The van der Waals surface area contributed by atoms with Gasteiger partial charge in [0.1, 0.15) is 0 Å². The maximum Gasteiger partial charge on any atom is 0.0159 e.